The van der Waals surface area contributed by atoms with E-state index in [2.05, 4.69) is 43.4 Å². The quantitative estimate of drug-likeness (QED) is 0.678. The Morgan fingerprint density at radius 1 is 1.31 bits per heavy atom. The number of hydrogen-bond donors (Lipinski definition) is 1. The van der Waals surface area contributed by atoms with E-state index >= 15 is 0 Å². The Hall–Kier alpha value is -0.980. The van der Waals surface area contributed by atoms with Gasteiger partial charge in [0.05, 0.1) is 0 Å². The summed E-state index contributed by atoms with van der Waals surface area (Å²) in [6.45, 7) is 6.98. The van der Waals surface area contributed by atoms with Crippen molar-refractivity contribution in [1.29, 1.82) is 0 Å². The van der Waals surface area contributed by atoms with Gasteiger partial charge >= 0.3 is 0 Å². The summed E-state index contributed by atoms with van der Waals surface area (Å²) in [5, 5.41) is 3.39. The van der Waals surface area contributed by atoms with Crippen LogP contribution in [-0.2, 0) is 0 Å². The van der Waals surface area contributed by atoms with E-state index in [4.69, 9.17) is 0 Å². The summed E-state index contributed by atoms with van der Waals surface area (Å²) >= 11 is 0. The van der Waals surface area contributed by atoms with Crippen molar-refractivity contribution in [2.45, 2.75) is 26.2 Å². The van der Waals surface area contributed by atoms with E-state index in [9.17, 15) is 0 Å². The summed E-state index contributed by atoms with van der Waals surface area (Å²) in [6.07, 6.45) is 3.45. The molecule has 0 heterocycles. The zero-order valence-corrected chi connectivity index (χ0v) is 8.34. The lowest BCUT2D eigenvalue weighted by atomic mass is 10.2. The third-order valence-electron chi connectivity index (χ3n) is 2.02. The number of aryl methyl sites for hydroxylation is 1. The van der Waals surface area contributed by atoms with Crippen LogP contribution in [0.25, 0.3) is 0 Å². The summed E-state index contributed by atoms with van der Waals surface area (Å²) < 4.78 is 0. The summed E-state index contributed by atoms with van der Waals surface area (Å²) in [5.41, 5.74) is 2.53. The largest absolute Gasteiger partial charge is 0.385 e. The molecule has 1 nitrogen and oxygen atoms in total. The molecule has 0 saturated heterocycles. The van der Waals surface area contributed by atoms with Gasteiger partial charge in [0.15, 0.2) is 0 Å². The molecule has 13 heavy (non-hydrogen) atoms. The van der Waals surface area contributed by atoms with Gasteiger partial charge in [0.2, 0.25) is 0 Å². The summed E-state index contributed by atoms with van der Waals surface area (Å²) in [6, 6.07) is 8.47. The van der Waals surface area contributed by atoms with Crippen molar-refractivity contribution in [3.8, 4) is 0 Å². The molecule has 1 heteroatoms. The third kappa shape index (κ3) is 3.97. The molecule has 1 rings (SSSR count). The highest BCUT2D eigenvalue weighted by molar-refractivity contribution is 5.45. The summed E-state index contributed by atoms with van der Waals surface area (Å²) in [4.78, 5) is 0. The number of unbranched alkanes of at least 4 members (excludes halogenated alkanes) is 2. The fraction of sp³-hybridized carbons (Fsp3) is 0.417. The van der Waals surface area contributed by atoms with Crippen LogP contribution in [0.5, 0.6) is 0 Å². The Kier molecular flexibility index (Phi) is 4.37. The maximum Gasteiger partial charge on any atom is 0.0342 e. The first-order valence-corrected chi connectivity index (χ1v) is 4.92. The normalized spacial score (nSPS) is 10.0. The van der Waals surface area contributed by atoms with E-state index in [1.807, 2.05) is 0 Å². The monoisotopic (exact) mass is 176 g/mol. The van der Waals surface area contributed by atoms with E-state index in [-0.39, 0.29) is 0 Å². The van der Waals surface area contributed by atoms with Crippen LogP contribution in [-0.4, -0.2) is 6.54 Å². The number of anilines is 1. The maximum absolute atomic E-state index is 3.82. The highest BCUT2D eigenvalue weighted by atomic mass is 14.9. The number of rotatable bonds is 5. The zero-order chi connectivity index (χ0) is 9.52. The molecule has 0 saturated carbocycles. The fourth-order valence-corrected chi connectivity index (χ4v) is 1.29. The molecule has 1 aromatic rings. The number of hydrogen-bond acceptors (Lipinski definition) is 1. The minimum absolute atomic E-state index is 1.04. The van der Waals surface area contributed by atoms with Gasteiger partial charge in [0.25, 0.3) is 0 Å². The smallest absolute Gasteiger partial charge is 0.0342 e. The van der Waals surface area contributed by atoms with Gasteiger partial charge < -0.3 is 5.32 Å². The van der Waals surface area contributed by atoms with E-state index < -0.39 is 0 Å². The Morgan fingerprint density at radius 3 is 2.85 bits per heavy atom. The third-order valence-corrected chi connectivity index (χ3v) is 2.02. The van der Waals surface area contributed by atoms with Crippen LogP contribution in [0.2, 0.25) is 0 Å². The van der Waals surface area contributed by atoms with E-state index in [0.29, 0.717) is 0 Å². The highest BCUT2D eigenvalue weighted by Gasteiger charge is 1.90. The van der Waals surface area contributed by atoms with Crippen LogP contribution in [0.15, 0.2) is 24.3 Å². The SMILES string of the molecule is [CH2]CCCCNc1cccc(C)c1. The minimum Gasteiger partial charge on any atom is -0.385 e. The lowest BCUT2D eigenvalue weighted by Gasteiger charge is -2.05. The van der Waals surface area contributed by atoms with Crippen molar-refractivity contribution < 1.29 is 0 Å². The van der Waals surface area contributed by atoms with Gasteiger partial charge in [-0.05, 0) is 31.0 Å². The van der Waals surface area contributed by atoms with E-state index in [1.165, 1.54) is 24.1 Å². The van der Waals surface area contributed by atoms with E-state index in [1.54, 1.807) is 0 Å². The predicted octanol–water partition coefficient (Wildman–Crippen LogP) is 3.41. The fourth-order valence-electron chi connectivity index (χ4n) is 1.29. The van der Waals surface area contributed by atoms with Crippen molar-refractivity contribution in [2.24, 2.45) is 0 Å². The average Bonchev–Trinajstić information content (AvgIpc) is 2.13. The molecule has 0 atom stereocenters. The topological polar surface area (TPSA) is 12.0 Å². The summed E-state index contributed by atoms with van der Waals surface area (Å²) in [5.74, 6) is 0. The molecular weight excluding hydrogens is 158 g/mol. The Balaban J connectivity index is 2.28. The van der Waals surface area contributed by atoms with E-state index in [0.717, 1.165) is 13.0 Å². The second-order valence-corrected chi connectivity index (χ2v) is 3.36. The van der Waals surface area contributed by atoms with Crippen LogP contribution < -0.4 is 5.32 Å². The molecule has 0 amide bonds. The first-order valence-electron chi connectivity index (χ1n) is 4.92. The van der Waals surface area contributed by atoms with Crippen LogP contribution >= 0.6 is 0 Å². The van der Waals surface area contributed by atoms with Crippen molar-refractivity contribution in [3.05, 3.63) is 36.8 Å². The molecule has 1 aromatic carbocycles. The molecule has 0 aliphatic carbocycles. The van der Waals surface area contributed by atoms with Gasteiger partial charge in [-0.1, -0.05) is 31.9 Å². The maximum atomic E-state index is 3.82. The molecule has 0 spiro atoms. The van der Waals surface area contributed by atoms with Gasteiger partial charge in [-0.15, -0.1) is 0 Å². The summed E-state index contributed by atoms with van der Waals surface area (Å²) in [7, 11) is 0. The first kappa shape index (κ1) is 10.1. The second kappa shape index (κ2) is 5.63. The molecule has 0 bridgehead atoms. The molecule has 0 aliphatic rings. The molecule has 0 unspecified atom stereocenters. The zero-order valence-electron chi connectivity index (χ0n) is 8.34. The average molecular weight is 176 g/mol. The van der Waals surface area contributed by atoms with Crippen LogP contribution in [0, 0.1) is 13.8 Å². The number of nitrogens with one attached hydrogen (secondary N) is 1. The molecule has 0 aromatic heterocycles. The molecule has 0 fully saturated rings. The first-order chi connectivity index (χ1) is 6.33. The molecule has 0 aliphatic heterocycles. The molecule has 1 radical (unpaired) electrons. The van der Waals surface area contributed by atoms with Crippen LogP contribution in [0.3, 0.4) is 0 Å². The lowest BCUT2D eigenvalue weighted by Crippen LogP contribution is -2.00. The van der Waals surface area contributed by atoms with Gasteiger partial charge in [-0.2, -0.15) is 0 Å². The number of benzene rings is 1. The second-order valence-electron chi connectivity index (χ2n) is 3.36. The van der Waals surface area contributed by atoms with Crippen molar-refractivity contribution >= 4 is 5.69 Å². The Bertz CT molecular complexity index is 243. The van der Waals surface area contributed by atoms with Crippen LogP contribution in [0.1, 0.15) is 24.8 Å². The standard InChI is InChI=1S/C12H18N/c1-3-4-5-9-13-12-8-6-7-11(2)10-12/h6-8,10,13H,1,3-5,9H2,2H3. The predicted molar refractivity (Wildman–Crippen MR) is 58.9 cm³/mol. The van der Waals surface area contributed by atoms with Crippen LogP contribution in [0.4, 0.5) is 5.69 Å². The molecule has 1 N–H and O–H groups in total. The van der Waals surface area contributed by atoms with Gasteiger partial charge in [0.1, 0.15) is 0 Å². The molecule has 71 valence electrons. The van der Waals surface area contributed by atoms with Crippen molar-refractivity contribution in [3.63, 3.8) is 0 Å². The van der Waals surface area contributed by atoms with Crippen molar-refractivity contribution in [2.75, 3.05) is 11.9 Å². The Labute approximate surface area is 81.2 Å². The van der Waals surface area contributed by atoms with Gasteiger partial charge in [0, 0.05) is 12.2 Å². The Morgan fingerprint density at radius 2 is 2.15 bits per heavy atom. The van der Waals surface area contributed by atoms with Crippen molar-refractivity contribution in [1.82, 2.24) is 0 Å². The lowest BCUT2D eigenvalue weighted by molar-refractivity contribution is 0.777. The van der Waals surface area contributed by atoms with Gasteiger partial charge in [-0.3, -0.25) is 0 Å². The molecular formula is C12H18N. The van der Waals surface area contributed by atoms with Gasteiger partial charge in [-0.25, -0.2) is 0 Å². The minimum atomic E-state index is 1.04. The highest BCUT2D eigenvalue weighted by Crippen LogP contribution is 2.09.